The van der Waals surface area contributed by atoms with Crippen LogP contribution in [0.2, 0.25) is 5.02 Å². The van der Waals surface area contributed by atoms with Crippen molar-refractivity contribution in [2.75, 3.05) is 6.61 Å². The summed E-state index contributed by atoms with van der Waals surface area (Å²) in [5.74, 6) is -0.533. The highest BCUT2D eigenvalue weighted by Crippen LogP contribution is 2.16. The van der Waals surface area contributed by atoms with Crippen molar-refractivity contribution in [3.05, 3.63) is 28.5 Å². The Balaban J connectivity index is 3.01. The van der Waals surface area contributed by atoms with Gasteiger partial charge in [-0.2, -0.15) is 5.26 Å². The van der Waals surface area contributed by atoms with E-state index in [9.17, 15) is 4.79 Å². The fourth-order valence-corrected chi connectivity index (χ4v) is 1.08. The Morgan fingerprint density at radius 2 is 2.50 bits per heavy atom. The zero-order valence-corrected chi connectivity index (χ0v) is 8.21. The highest BCUT2D eigenvalue weighted by molar-refractivity contribution is 6.33. The average molecular weight is 211 g/mol. The number of aromatic nitrogens is 1. The maximum absolute atomic E-state index is 11.2. The lowest BCUT2D eigenvalue weighted by Crippen LogP contribution is -2.06. The molecule has 0 aliphatic carbocycles. The van der Waals surface area contributed by atoms with Crippen LogP contribution >= 0.6 is 11.6 Å². The molecule has 0 aliphatic heterocycles. The maximum Gasteiger partial charge on any atom is 0.341 e. The minimum absolute atomic E-state index is 0.169. The summed E-state index contributed by atoms with van der Waals surface area (Å²) in [6.45, 7) is 1.97. The molecule has 72 valence electrons. The first-order valence-corrected chi connectivity index (χ1v) is 4.29. The summed E-state index contributed by atoms with van der Waals surface area (Å²) in [6.07, 6.45) is 1.23. The molecule has 1 heterocycles. The number of rotatable bonds is 2. The first kappa shape index (κ1) is 10.5. The molecule has 0 saturated carbocycles. The van der Waals surface area contributed by atoms with Gasteiger partial charge in [-0.15, -0.1) is 0 Å². The van der Waals surface area contributed by atoms with Gasteiger partial charge in [0.15, 0.2) is 0 Å². The summed E-state index contributed by atoms with van der Waals surface area (Å²) in [5.41, 5.74) is 0.343. The second-order valence-electron chi connectivity index (χ2n) is 2.38. The van der Waals surface area contributed by atoms with E-state index in [4.69, 9.17) is 21.6 Å². The third kappa shape index (κ3) is 2.21. The number of nitrogens with zero attached hydrogens (tertiary/aromatic N) is 2. The highest BCUT2D eigenvalue weighted by atomic mass is 35.5. The Labute approximate surface area is 86.1 Å². The molecule has 0 saturated heterocycles. The highest BCUT2D eigenvalue weighted by Gasteiger charge is 2.12. The summed E-state index contributed by atoms with van der Waals surface area (Å²) in [6, 6.07) is 3.15. The Bertz CT molecular complexity index is 398. The lowest BCUT2D eigenvalue weighted by Gasteiger charge is -2.02. The van der Waals surface area contributed by atoms with Crippen LogP contribution in [0.3, 0.4) is 0 Å². The van der Waals surface area contributed by atoms with Crippen LogP contribution in [0.4, 0.5) is 0 Å². The number of carbonyl (C=O) groups excluding carboxylic acids is 1. The quantitative estimate of drug-likeness (QED) is 0.698. The van der Waals surface area contributed by atoms with Gasteiger partial charge in [-0.25, -0.2) is 9.78 Å². The van der Waals surface area contributed by atoms with E-state index in [0.717, 1.165) is 0 Å². The Kier molecular flexibility index (Phi) is 3.43. The molecule has 1 aromatic rings. The second-order valence-corrected chi connectivity index (χ2v) is 2.79. The Morgan fingerprint density at radius 1 is 1.79 bits per heavy atom. The van der Waals surface area contributed by atoms with Crippen LogP contribution in [0.5, 0.6) is 0 Å². The maximum atomic E-state index is 11.2. The SMILES string of the molecule is CCOC(=O)c1cnc(C#N)cc1Cl. The monoisotopic (exact) mass is 210 g/mol. The number of hydrogen-bond acceptors (Lipinski definition) is 4. The normalized spacial score (nSPS) is 9.21. The van der Waals surface area contributed by atoms with Gasteiger partial charge in [0, 0.05) is 6.20 Å². The first-order chi connectivity index (χ1) is 6.69. The van der Waals surface area contributed by atoms with Crippen LogP contribution in [0.15, 0.2) is 12.3 Å². The van der Waals surface area contributed by atoms with Crippen LogP contribution in [0, 0.1) is 11.3 Å². The fraction of sp³-hybridized carbons (Fsp3) is 0.222. The van der Waals surface area contributed by atoms with E-state index in [0.29, 0.717) is 0 Å². The topological polar surface area (TPSA) is 63.0 Å². The second kappa shape index (κ2) is 4.58. The van der Waals surface area contributed by atoms with Gasteiger partial charge in [-0.05, 0) is 13.0 Å². The largest absolute Gasteiger partial charge is 0.462 e. The molecule has 0 atom stereocenters. The van der Waals surface area contributed by atoms with E-state index < -0.39 is 5.97 Å². The number of halogens is 1. The molecule has 0 spiro atoms. The molecule has 0 N–H and O–H groups in total. The van der Waals surface area contributed by atoms with Crippen molar-refractivity contribution < 1.29 is 9.53 Å². The van der Waals surface area contributed by atoms with Gasteiger partial charge in [-0.1, -0.05) is 11.6 Å². The van der Waals surface area contributed by atoms with E-state index >= 15 is 0 Å². The van der Waals surface area contributed by atoms with Crippen LogP contribution in [0.1, 0.15) is 23.0 Å². The summed E-state index contributed by atoms with van der Waals surface area (Å²) in [7, 11) is 0. The van der Waals surface area contributed by atoms with Gasteiger partial charge in [0.2, 0.25) is 0 Å². The van der Waals surface area contributed by atoms with Crippen molar-refractivity contribution in [1.82, 2.24) is 4.98 Å². The van der Waals surface area contributed by atoms with Crippen molar-refractivity contribution in [2.24, 2.45) is 0 Å². The Morgan fingerprint density at radius 3 is 3.00 bits per heavy atom. The van der Waals surface area contributed by atoms with Gasteiger partial charge in [0.05, 0.1) is 17.2 Å². The standard InChI is InChI=1S/C9H7ClN2O2/c1-2-14-9(13)7-5-12-6(4-11)3-8(7)10/h3,5H,2H2,1H3. The number of pyridine rings is 1. The molecule has 4 nitrogen and oxygen atoms in total. The molecule has 0 bridgehead atoms. The molecule has 0 radical (unpaired) electrons. The third-order valence-corrected chi connectivity index (χ3v) is 1.78. The number of hydrogen-bond donors (Lipinski definition) is 0. The Hall–Kier alpha value is -1.60. The summed E-state index contributed by atoms with van der Waals surface area (Å²) in [4.78, 5) is 15.0. The first-order valence-electron chi connectivity index (χ1n) is 3.91. The molecule has 14 heavy (non-hydrogen) atoms. The summed E-state index contributed by atoms with van der Waals surface area (Å²) < 4.78 is 4.74. The molecule has 0 aromatic carbocycles. The fourth-order valence-electron chi connectivity index (χ4n) is 0.851. The molecular weight excluding hydrogens is 204 g/mol. The molecule has 1 rings (SSSR count). The van der Waals surface area contributed by atoms with Gasteiger partial charge in [0.25, 0.3) is 0 Å². The predicted octanol–water partition coefficient (Wildman–Crippen LogP) is 1.78. The van der Waals surface area contributed by atoms with E-state index in [1.807, 2.05) is 6.07 Å². The number of ether oxygens (including phenoxy) is 1. The van der Waals surface area contributed by atoms with E-state index in [1.54, 1.807) is 6.92 Å². The lowest BCUT2D eigenvalue weighted by molar-refractivity contribution is 0.0526. The van der Waals surface area contributed by atoms with Crippen LogP contribution in [0.25, 0.3) is 0 Å². The summed E-state index contributed by atoms with van der Waals surface area (Å²) in [5, 5.41) is 8.68. The molecular formula is C9H7ClN2O2. The van der Waals surface area contributed by atoms with E-state index in [2.05, 4.69) is 4.98 Å². The van der Waals surface area contributed by atoms with Crippen molar-refractivity contribution in [2.45, 2.75) is 6.92 Å². The van der Waals surface area contributed by atoms with Crippen molar-refractivity contribution >= 4 is 17.6 Å². The number of nitriles is 1. The van der Waals surface area contributed by atoms with Gasteiger partial charge in [0.1, 0.15) is 11.8 Å². The predicted molar refractivity (Wildman–Crippen MR) is 49.9 cm³/mol. The zero-order valence-electron chi connectivity index (χ0n) is 7.45. The average Bonchev–Trinajstić information content (AvgIpc) is 2.17. The van der Waals surface area contributed by atoms with Crippen molar-refractivity contribution in [1.29, 1.82) is 5.26 Å². The molecule has 0 fully saturated rings. The lowest BCUT2D eigenvalue weighted by atomic mass is 10.2. The van der Waals surface area contributed by atoms with E-state index in [1.165, 1.54) is 12.3 Å². The molecule has 0 unspecified atom stereocenters. The van der Waals surface area contributed by atoms with Crippen LogP contribution < -0.4 is 0 Å². The summed E-state index contributed by atoms with van der Waals surface area (Å²) >= 11 is 5.75. The molecule has 0 aliphatic rings. The number of esters is 1. The molecule has 5 heteroatoms. The van der Waals surface area contributed by atoms with Crippen molar-refractivity contribution in [3.63, 3.8) is 0 Å². The van der Waals surface area contributed by atoms with Crippen molar-refractivity contribution in [3.8, 4) is 6.07 Å². The van der Waals surface area contributed by atoms with Gasteiger partial charge < -0.3 is 4.74 Å². The third-order valence-electron chi connectivity index (χ3n) is 1.46. The van der Waals surface area contributed by atoms with E-state index in [-0.39, 0.29) is 22.9 Å². The number of carbonyl (C=O) groups is 1. The zero-order chi connectivity index (χ0) is 10.6. The van der Waals surface area contributed by atoms with Gasteiger partial charge >= 0.3 is 5.97 Å². The smallest absolute Gasteiger partial charge is 0.341 e. The van der Waals surface area contributed by atoms with Crippen LogP contribution in [-0.2, 0) is 4.74 Å². The van der Waals surface area contributed by atoms with Gasteiger partial charge in [-0.3, -0.25) is 0 Å². The minimum Gasteiger partial charge on any atom is -0.462 e. The van der Waals surface area contributed by atoms with Crippen LogP contribution in [-0.4, -0.2) is 17.6 Å². The molecule has 1 aromatic heterocycles. The minimum atomic E-state index is -0.533. The molecule has 0 amide bonds.